The molecule has 29 heavy (non-hydrogen) atoms. The Kier molecular flexibility index (Phi) is 9.04. The Bertz CT molecular complexity index is 829. The summed E-state index contributed by atoms with van der Waals surface area (Å²) in [6.45, 7) is 2.00. The Balaban J connectivity index is 1.68. The molecule has 7 nitrogen and oxygen atoms in total. The number of ether oxygens (including phenoxy) is 1. The third-order valence-corrected chi connectivity index (χ3v) is 4.88. The fraction of sp³-hybridized carbons (Fsp3) is 0.286. The second kappa shape index (κ2) is 11.8. The van der Waals surface area contributed by atoms with Crippen LogP contribution in [0.1, 0.15) is 17.5 Å². The number of carbonyl (C=O) groups excluding carboxylic acids is 2. The molecule has 0 aliphatic rings. The number of benzene rings is 2. The Morgan fingerprint density at radius 1 is 1.10 bits per heavy atom. The number of carboxylic acid groups (broad SMARTS) is 1. The molecule has 154 valence electrons. The molecule has 1 unspecified atom stereocenters. The van der Waals surface area contributed by atoms with E-state index in [-0.39, 0.29) is 24.7 Å². The molecule has 2 aromatic rings. The van der Waals surface area contributed by atoms with Crippen LogP contribution in [0.2, 0.25) is 0 Å². The number of aliphatic carboxylic acids is 1. The van der Waals surface area contributed by atoms with E-state index in [9.17, 15) is 19.5 Å². The van der Waals surface area contributed by atoms with Crippen molar-refractivity contribution in [2.75, 3.05) is 16.8 Å². The predicted molar refractivity (Wildman–Crippen MR) is 113 cm³/mol. The number of rotatable bonds is 10. The van der Waals surface area contributed by atoms with E-state index < -0.39 is 18.1 Å². The van der Waals surface area contributed by atoms with Crippen molar-refractivity contribution in [1.29, 1.82) is 0 Å². The van der Waals surface area contributed by atoms with Crippen molar-refractivity contribution >= 4 is 35.4 Å². The van der Waals surface area contributed by atoms with Gasteiger partial charge in [0.25, 0.3) is 0 Å². The number of aryl methyl sites for hydroxylation is 1. The first-order chi connectivity index (χ1) is 13.9. The van der Waals surface area contributed by atoms with Crippen LogP contribution in [0.15, 0.2) is 54.6 Å². The molecule has 3 N–H and O–H groups in total. The van der Waals surface area contributed by atoms with Crippen LogP contribution in [0.5, 0.6) is 0 Å². The van der Waals surface area contributed by atoms with E-state index in [1.165, 1.54) is 11.8 Å². The highest BCUT2D eigenvalue weighted by molar-refractivity contribution is 7.99. The van der Waals surface area contributed by atoms with Crippen molar-refractivity contribution in [1.82, 2.24) is 5.32 Å². The van der Waals surface area contributed by atoms with Crippen LogP contribution in [0, 0.1) is 6.92 Å². The number of alkyl carbamates (subject to hydrolysis) is 1. The SMILES string of the molecule is Cc1cccc(NC(=O)CSCCC(NC(=O)OCc2ccccc2)C(=O)O)c1. The summed E-state index contributed by atoms with van der Waals surface area (Å²) in [6, 6.07) is 15.5. The van der Waals surface area contributed by atoms with E-state index in [0.29, 0.717) is 5.75 Å². The Labute approximate surface area is 173 Å². The summed E-state index contributed by atoms with van der Waals surface area (Å²) >= 11 is 1.30. The van der Waals surface area contributed by atoms with Gasteiger partial charge < -0.3 is 20.5 Å². The van der Waals surface area contributed by atoms with Gasteiger partial charge >= 0.3 is 12.1 Å². The highest BCUT2D eigenvalue weighted by Crippen LogP contribution is 2.11. The average molecular weight is 416 g/mol. The molecule has 0 heterocycles. The van der Waals surface area contributed by atoms with Gasteiger partial charge in [-0.3, -0.25) is 4.79 Å². The van der Waals surface area contributed by atoms with Gasteiger partial charge in [-0.2, -0.15) is 11.8 Å². The second-order valence-corrected chi connectivity index (χ2v) is 7.46. The topological polar surface area (TPSA) is 105 Å². The minimum absolute atomic E-state index is 0.0624. The summed E-state index contributed by atoms with van der Waals surface area (Å²) in [4.78, 5) is 35.1. The molecule has 0 fully saturated rings. The van der Waals surface area contributed by atoms with Crippen LogP contribution in [0.3, 0.4) is 0 Å². The quantitative estimate of drug-likeness (QED) is 0.513. The van der Waals surface area contributed by atoms with Gasteiger partial charge in [-0.25, -0.2) is 9.59 Å². The largest absolute Gasteiger partial charge is 0.480 e. The number of amides is 2. The molecule has 0 saturated carbocycles. The first-order valence-corrected chi connectivity index (χ1v) is 10.2. The lowest BCUT2D eigenvalue weighted by Gasteiger charge is -2.14. The number of hydrogen-bond donors (Lipinski definition) is 3. The maximum atomic E-state index is 12.0. The van der Waals surface area contributed by atoms with Gasteiger partial charge in [-0.15, -0.1) is 0 Å². The van der Waals surface area contributed by atoms with Crippen molar-refractivity contribution in [2.45, 2.75) is 26.0 Å². The fourth-order valence-electron chi connectivity index (χ4n) is 2.45. The van der Waals surface area contributed by atoms with Gasteiger partial charge in [-0.05, 0) is 42.4 Å². The lowest BCUT2D eigenvalue weighted by Crippen LogP contribution is -2.41. The van der Waals surface area contributed by atoms with E-state index in [2.05, 4.69) is 10.6 Å². The molecule has 0 radical (unpaired) electrons. The normalized spacial score (nSPS) is 11.3. The number of hydrogen-bond acceptors (Lipinski definition) is 5. The van der Waals surface area contributed by atoms with Crippen LogP contribution in [-0.4, -0.2) is 40.6 Å². The Hall–Kier alpha value is -3.00. The van der Waals surface area contributed by atoms with Gasteiger partial charge in [-0.1, -0.05) is 42.5 Å². The standard InChI is InChI=1S/C21H24N2O5S/c1-15-6-5-9-17(12-15)22-19(24)14-29-11-10-18(20(25)26)23-21(27)28-13-16-7-3-2-4-8-16/h2-9,12,18H,10-11,13-14H2,1H3,(H,22,24)(H,23,27)(H,25,26). The van der Waals surface area contributed by atoms with E-state index >= 15 is 0 Å². The molecule has 2 amide bonds. The summed E-state index contributed by atoms with van der Waals surface area (Å²) in [6.07, 6.45) is -0.610. The number of carbonyl (C=O) groups is 3. The van der Waals surface area contributed by atoms with E-state index in [1.54, 1.807) is 18.2 Å². The molecule has 2 aromatic carbocycles. The molecule has 0 bridgehead atoms. The zero-order chi connectivity index (χ0) is 21.1. The summed E-state index contributed by atoms with van der Waals surface area (Å²) in [5, 5.41) is 14.4. The number of thioether (sulfide) groups is 1. The summed E-state index contributed by atoms with van der Waals surface area (Å²) < 4.78 is 5.04. The van der Waals surface area contributed by atoms with Gasteiger partial charge in [0, 0.05) is 5.69 Å². The molecule has 2 rings (SSSR count). The van der Waals surface area contributed by atoms with Gasteiger partial charge in [0.1, 0.15) is 12.6 Å². The molecule has 0 aromatic heterocycles. The minimum atomic E-state index is -1.15. The van der Waals surface area contributed by atoms with Crippen molar-refractivity contribution < 1.29 is 24.2 Å². The van der Waals surface area contributed by atoms with E-state index in [1.807, 2.05) is 43.3 Å². The van der Waals surface area contributed by atoms with Crippen molar-refractivity contribution in [3.8, 4) is 0 Å². The van der Waals surface area contributed by atoms with E-state index in [0.717, 1.165) is 16.8 Å². The lowest BCUT2D eigenvalue weighted by atomic mass is 10.2. The molecular weight excluding hydrogens is 392 g/mol. The first kappa shape index (κ1) is 22.3. The van der Waals surface area contributed by atoms with Crippen LogP contribution in [0.25, 0.3) is 0 Å². The van der Waals surface area contributed by atoms with Crippen LogP contribution >= 0.6 is 11.8 Å². The summed E-state index contributed by atoms with van der Waals surface area (Å²) in [7, 11) is 0. The molecule has 0 spiro atoms. The molecule has 0 aliphatic carbocycles. The fourth-order valence-corrected chi connectivity index (χ4v) is 3.25. The van der Waals surface area contributed by atoms with E-state index in [4.69, 9.17) is 4.74 Å². The summed E-state index contributed by atoms with van der Waals surface area (Å²) in [5.74, 6) is -0.718. The van der Waals surface area contributed by atoms with Gasteiger partial charge in [0.2, 0.25) is 5.91 Å². The molecule has 0 saturated heterocycles. The highest BCUT2D eigenvalue weighted by Gasteiger charge is 2.20. The number of anilines is 1. The lowest BCUT2D eigenvalue weighted by molar-refractivity contribution is -0.139. The zero-order valence-corrected chi connectivity index (χ0v) is 16.9. The van der Waals surface area contributed by atoms with Crippen LogP contribution in [0.4, 0.5) is 10.5 Å². The third kappa shape index (κ3) is 8.69. The highest BCUT2D eigenvalue weighted by atomic mass is 32.2. The number of carboxylic acids is 1. The summed E-state index contributed by atoms with van der Waals surface area (Å²) in [5.41, 5.74) is 2.58. The first-order valence-electron chi connectivity index (χ1n) is 9.08. The zero-order valence-electron chi connectivity index (χ0n) is 16.1. The predicted octanol–water partition coefficient (Wildman–Crippen LogP) is 3.44. The molecule has 1 atom stereocenters. The minimum Gasteiger partial charge on any atom is -0.480 e. The smallest absolute Gasteiger partial charge is 0.408 e. The number of nitrogens with one attached hydrogen (secondary N) is 2. The molecule has 0 aliphatic heterocycles. The van der Waals surface area contributed by atoms with Gasteiger partial charge in [0.15, 0.2) is 0 Å². The van der Waals surface area contributed by atoms with Crippen LogP contribution in [-0.2, 0) is 20.9 Å². The Morgan fingerprint density at radius 2 is 1.86 bits per heavy atom. The molecular formula is C21H24N2O5S. The van der Waals surface area contributed by atoms with Crippen molar-refractivity contribution in [2.24, 2.45) is 0 Å². The van der Waals surface area contributed by atoms with Crippen LogP contribution < -0.4 is 10.6 Å². The van der Waals surface area contributed by atoms with Crippen molar-refractivity contribution in [3.05, 3.63) is 65.7 Å². The second-order valence-electron chi connectivity index (χ2n) is 6.36. The van der Waals surface area contributed by atoms with Gasteiger partial charge in [0.05, 0.1) is 5.75 Å². The maximum Gasteiger partial charge on any atom is 0.408 e. The maximum absolute atomic E-state index is 12.0. The molecule has 8 heteroatoms. The average Bonchev–Trinajstić information content (AvgIpc) is 2.69. The monoisotopic (exact) mass is 416 g/mol. The van der Waals surface area contributed by atoms with Crippen molar-refractivity contribution in [3.63, 3.8) is 0 Å². The third-order valence-electron chi connectivity index (χ3n) is 3.89. The Morgan fingerprint density at radius 3 is 2.55 bits per heavy atom.